The zero-order valence-electron chi connectivity index (χ0n) is 17.9. The third-order valence-electron chi connectivity index (χ3n) is 4.08. The van der Waals surface area contributed by atoms with E-state index < -0.39 is 8.80 Å². The van der Waals surface area contributed by atoms with Gasteiger partial charge in [0.15, 0.2) is 0 Å². The van der Waals surface area contributed by atoms with Crippen LogP contribution in [0.25, 0.3) is 0 Å². The average molecular weight is 413 g/mol. The highest BCUT2D eigenvalue weighted by Gasteiger charge is 2.39. The van der Waals surface area contributed by atoms with Gasteiger partial charge in [-0.1, -0.05) is 12.1 Å². The minimum Gasteiger partial charge on any atom is -0.494 e. The van der Waals surface area contributed by atoms with Gasteiger partial charge in [0.25, 0.3) is 0 Å². The van der Waals surface area contributed by atoms with Gasteiger partial charge in [-0.15, -0.1) is 0 Å². The number of nitrogens with one attached hydrogen (secondary N) is 2. The second kappa shape index (κ2) is 13.5. The molecule has 0 aromatic heterocycles. The van der Waals surface area contributed by atoms with Crippen LogP contribution in [0.15, 0.2) is 24.3 Å². The molecule has 0 aliphatic carbocycles. The summed E-state index contributed by atoms with van der Waals surface area (Å²) in [5.74, 6) is 0.827. The fourth-order valence-electron chi connectivity index (χ4n) is 2.86. The summed E-state index contributed by atoms with van der Waals surface area (Å²) in [6.45, 7) is 12.5. The standard InChI is InChI=1S/C20H36N2O5Si/c1-6-24-19-13-11-18(12-14-19)17(5)22-20(23)21-15-10-16-28(25-7-2,26-8-3)27-9-4/h11-14,17H,6-10,15-16H2,1-5H3,(H2,21,22,23). The van der Waals surface area contributed by atoms with Crippen LogP contribution in [0.1, 0.15) is 52.6 Å². The van der Waals surface area contributed by atoms with Crippen LogP contribution in [0.4, 0.5) is 4.79 Å². The van der Waals surface area contributed by atoms with Crippen molar-refractivity contribution in [2.24, 2.45) is 0 Å². The molecule has 0 radical (unpaired) electrons. The normalized spacial score (nSPS) is 12.5. The van der Waals surface area contributed by atoms with Gasteiger partial charge in [-0.05, 0) is 58.7 Å². The first-order valence-corrected chi connectivity index (χ1v) is 12.1. The van der Waals surface area contributed by atoms with E-state index in [2.05, 4.69) is 10.6 Å². The maximum atomic E-state index is 12.2. The highest BCUT2D eigenvalue weighted by Crippen LogP contribution is 2.19. The van der Waals surface area contributed by atoms with E-state index in [9.17, 15) is 4.79 Å². The van der Waals surface area contributed by atoms with Crippen molar-refractivity contribution >= 4 is 14.8 Å². The molecular formula is C20H36N2O5Si. The van der Waals surface area contributed by atoms with Crippen LogP contribution < -0.4 is 15.4 Å². The molecule has 0 aliphatic rings. The number of amides is 2. The summed E-state index contributed by atoms with van der Waals surface area (Å²) in [5.41, 5.74) is 1.02. The number of urea groups is 1. The largest absolute Gasteiger partial charge is 0.500 e. The predicted molar refractivity (Wildman–Crippen MR) is 113 cm³/mol. The molecule has 0 heterocycles. The zero-order chi connectivity index (χ0) is 20.8. The number of hydrogen-bond acceptors (Lipinski definition) is 5. The van der Waals surface area contributed by atoms with E-state index in [1.54, 1.807) is 0 Å². The van der Waals surface area contributed by atoms with Gasteiger partial charge in [-0.25, -0.2) is 4.79 Å². The molecular weight excluding hydrogens is 376 g/mol. The number of hydrogen-bond donors (Lipinski definition) is 2. The van der Waals surface area contributed by atoms with Gasteiger partial charge in [0.05, 0.1) is 12.6 Å². The molecule has 1 unspecified atom stereocenters. The Morgan fingerprint density at radius 1 is 0.964 bits per heavy atom. The Labute approximate surface area is 170 Å². The Morgan fingerprint density at radius 2 is 1.54 bits per heavy atom. The van der Waals surface area contributed by atoms with Crippen molar-refractivity contribution in [2.45, 2.75) is 53.1 Å². The van der Waals surface area contributed by atoms with E-state index in [-0.39, 0.29) is 12.1 Å². The lowest BCUT2D eigenvalue weighted by molar-refractivity contribution is 0.0708. The summed E-state index contributed by atoms with van der Waals surface area (Å²) in [5, 5.41) is 5.84. The summed E-state index contributed by atoms with van der Waals surface area (Å²) >= 11 is 0. The van der Waals surface area contributed by atoms with Crippen molar-refractivity contribution in [2.75, 3.05) is 33.0 Å². The van der Waals surface area contributed by atoms with Crippen molar-refractivity contribution in [3.05, 3.63) is 29.8 Å². The lowest BCUT2D eigenvalue weighted by Gasteiger charge is -2.28. The molecule has 7 nitrogen and oxygen atoms in total. The fourth-order valence-corrected chi connectivity index (χ4v) is 5.47. The summed E-state index contributed by atoms with van der Waals surface area (Å²) < 4.78 is 22.9. The molecule has 0 aliphatic heterocycles. The molecule has 0 bridgehead atoms. The Morgan fingerprint density at radius 3 is 2.04 bits per heavy atom. The van der Waals surface area contributed by atoms with Crippen LogP contribution in [0.2, 0.25) is 6.04 Å². The molecule has 1 aromatic carbocycles. The molecule has 1 rings (SSSR count). The van der Waals surface area contributed by atoms with Gasteiger partial charge in [0.1, 0.15) is 5.75 Å². The number of benzene rings is 1. The fraction of sp³-hybridized carbons (Fsp3) is 0.650. The van der Waals surface area contributed by atoms with Gasteiger partial charge in [0, 0.05) is 32.4 Å². The van der Waals surface area contributed by atoms with Gasteiger partial charge in [-0.3, -0.25) is 0 Å². The van der Waals surface area contributed by atoms with Crippen molar-refractivity contribution in [3.8, 4) is 5.75 Å². The zero-order valence-corrected chi connectivity index (χ0v) is 18.9. The van der Waals surface area contributed by atoms with Gasteiger partial charge < -0.3 is 28.6 Å². The SMILES string of the molecule is CCOc1ccc(C(C)NC(=O)NCCC[Si](OCC)(OCC)OCC)cc1. The summed E-state index contributed by atoms with van der Waals surface area (Å²) in [4.78, 5) is 12.2. The minimum absolute atomic E-state index is 0.0978. The third kappa shape index (κ3) is 8.60. The quantitative estimate of drug-likeness (QED) is 0.358. The second-order valence-corrected chi connectivity index (χ2v) is 8.94. The lowest BCUT2D eigenvalue weighted by Crippen LogP contribution is -2.46. The molecule has 160 valence electrons. The first-order valence-electron chi connectivity index (χ1n) is 10.2. The maximum absolute atomic E-state index is 12.2. The van der Waals surface area contributed by atoms with E-state index in [0.29, 0.717) is 39.0 Å². The van der Waals surface area contributed by atoms with Crippen LogP contribution in [-0.2, 0) is 13.3 Å². The molecule has 8 heteroatoms. The van der Waals surface area contributed by atoms with Crippen LogP contribution in [-0.4, -0.2) is 47.8 Å². The topological polar surface area (TPSA) is 78.1 Å². The van der Waals surface area contributed by atoms with Gasteiger partial charge in [0.2, 0.25) is 0 Å². The molecule has 0 saturated carbocycles. The summed E-state index contributed by atoms with van der Waals surface area (Å²) in [7, 11) is -2.65. The monoisotopic (exact) mass is 412 g/mol. The van der Waals surface area contributed by atoms with Crippen molar-refractivity contribution in [1.29, 1.82) is 0 Å². The van der Waals surface area contributed by atoms with Crippen LogP contribution in [0.5, 0.6) is 5.75 Å². The number of carbonyl (C=O) groups excluding carboxylic acids is 1. The average Bonchev–Trinajstić information content (AvgIpc) is 2.67. The highest BCUT2D eigenvalue weighted by atomic mass is 28.4. The molecule has 1 atom stereocenters. The predicted octanol–water partition coefficient (Wildman–Crippen LogP) is 3.88. The highest BCUT2D eigenvalue weighted by molar-refractivity contribution is 6.60. The molecule has 2 amide bonds. The van der Waals surface area contributed by atoms with E-state index in [0.717, 1.165) is 17.7 Å². The Bertz CT molecular complexity index is 539. The van der Waals surface area contributed by atoms with E-state index in [1.807, 2.05) is 58.9 Å². The molecule has 0 fully saturated rings. The van der Waals surface area contributed by atoms with Crippen LogP contribution in [0.3, 0.4) is 0 Å². The molecule has 28 heavy (non-hydrogen) atoms. The minimum atomic E-state index is -2.65. The van der Waals surface area contributed by atoms with E-state index in [1.165, 1.54) is 0 Å². The lowest BCUT2D eigenvalue weighted by atomic mass is 10.1. The van der Waals surface area contributed by atoms with Gasteiger partial charge in [-0.2, -0.15) is 0 Å². The second-order valence-electron chi connectivity index (χ2n) is 6.21. The van der Waals surface area contributed by atoms with E-state index in [4.69, 9.17) is 18.0 Å². The number of ether oxygens (including phenoxy) is 1. The molecule has 1 aromatic rings. The summed E-state index contributed by atoms with van der Waals surface area (Å²) in [6.07, 6.45) is 0.733. The van der Waals surface area contributed by atoms with Crippen molar-refractivity contribution in [1.82, 2.24) is 10.6 Å². The first-order chi connectivity index (χ1) is 13.5. The molecule has 0 saturated heterocycles. The third-order valence-corrected chi connectivity index (χ3v) is 7.23. The first kappa shape index (κ1) is 24.4. The molecule has 0 spiro atoms. The van der Waals surface area contributed by atoms with Crippen molar-refractivity contribution in [3.63, 3.8) is 0 Å². The number of rotatable bonds is 14. The molecule has 2 N–H and O–H groups in total. The maximum Gasteiger partial charge on any atom is 0.500 e. The Kier molecular flexibility index (Phi) is 11.8. The Balaban J connectivity index is 2.42. The smallest absolute Gasteiger partial charge is 0.494 e. The Hall–Kier alpha value is -1.61. The van der Waals surface area contributed by atoms with Gasteiger partial charge >= 0.3 is 14.8 Å². The number of carbonyl (C=O) groups is 1. The van der Waals surface area contributed by atoms with Crippen molar-refractivity contribution < 1.29 is 22.8 Å². The summed E-state index contributed by atoms with van der Waals surface area (Å²) in [6, 6.07) is 8.13. The van der Waals surface area contributed by atoms with Crippen LogP contribution in [0, 0.1) is 0 Å². The van der Waals surface area contributed by atoms with E-state index >= 15 is 0 Å². The van der Waals surface area contributed by atoms with Crippen LogP contribution >= 0.6 is 0 Å².